The van der Waals surface area contributed by atoms with E-state index < -0.39 is 0 Å². The van der Waals surface area contributed by atoms with Crippen LogP contribution in [0.5, 0.6) is 0 Å². The summed E-state index contributed by atoms with van der Waals surface area (Å²) in [4.78, 5) is 0. The highest BCUT2D eigenvalue weighted by molar-refractivity contribution is 9.10. The van der Waals surface area contributed by atoms with Crippen molar-refractivity contribution < 1.29 is 4.39 Å². The first-order chi connectivity index (χ1) is 8.13. The summed E-state index contributed by atoms with van der Waals surface area (Å²) in [7, 11) is 1.90. The van der Waals surface area contributed by atoms with Gasteiger partial charge in [-0.3, -0.25) is 0 Å². The molecule has 0 fully saturated rings. The van der Waals surface area contributed by atoms with E-state index in [0.29, 0.717) is 5.56 Å². The first-order valence-corrected chi connectivity index (χ1v) is 7.06. The number of halogens is 2. The average Bonchev–Trinajstić information content (AvgIpc) is 2.75. The van der Waals surface area contributed by atoms with E-state index in [9.17, 15) is 4.39 Å². The van der Waals surface area contributed by atoms with Crippen LogP contribution in [0.4, 0.5) is 4.39 Å². The fourth-order valence-electron chi connectivity index (χ4n) is 1.66. The molecular formula is C13H13BrFNS. The smallest absolute Gasteiger partial charge is 0.131 e. The normalized spacial score (nSPS) is 12.7. The van der Waals surface area contributed by atoms with E-state index in [-0.39, 0.29) is 11.9 Å². The first-order valence-electron chi connectivity index (χ1n) is 5.32. The summed E-state index contributed by atoms with van der Waals surface area (Å²) in [5, 5.41) is 7.07. The average molecular weight is 314 g/mol. The van der Waals surface area contributed by atoms with E-state index in [2.05, 4.69) is 28.2 Å². The molecule has 0 spiro atoms. The number of hydrogen-bond acceptors (Lipinski definition) is 2. The molecule has 1 aromatic heterocycles. The van der Waals surface area contributed by atoms with Gasteiger partial charge >= 0.3 is 0 Å². The summed E-state index contributed by atoms with van der Waals surface area (Å²) in [5.74, 6) is -0.184. The molecule has 0 aliphatic carbocycles. The van der Waals surface area contributed by atoms with Gasteiger partial charge in [0.25, 0.3) is 0 Å². The molecule has 0 saturated heterocycles. The molecule has 90 valence electrons. The predicted octanol–water partition coefficient (Wildman–Crippen LogP) is 4.60. The second-order valence-electron chi connectivity index (χ2n) is 3.88. The zero-order chi connectivity index (χ0) is 12.4. The zero-order valence-electron chi connectivity index (χ0n) is 9.63. The number of rotatable bonds is 3. The number of nitrogens with one attached hydrogen (secondary N) is 1. The van der Waals surface area contributed by atoms with E-state index in [1.807, 2.05) is 29.9 Å². The molecule has 0 amide bonds. The van der Waals surface area contributed by atoms with Gasteiger partial charge in [-0.25, -0.2) is 4.39 Å². The molecule has 4 heteroatoms. The molecule has 1 atom stereocenters. The first kappa shape index (κ1) is 12.7. The molecule has 1 N–H and O–H groups in total. The van der Waals surface area contributed by atoms with Gasteiger partial charge < -0.3 is 5.32 Å². The quantitative estimate of drug-likeness (QED) is 0.873. The summed E-state index contributed by atoms with van der Waals surface area (Å²) >= 11 is 5.00. The Morgan fingerprint density at radius 2 is 2.06 bits per heavy atom. The maximum atomic E-state index is 13.8. The van der Waals surface area contributed by atoms with Gasteiger partial charge in [0.05, 0.1) is 0 Å². The van der Waals surface area contributed by atoms with Gasteiger partial charge in [-0.1, -0.05) is 6.07 Å². The Bertz CT molecular complexity index is 524. The van der Waals surface area contributed by atoms with Gasteiger partial charge in [0.1, 0.15) is 5.82 Å². The molecule has 0 radical (unpaired) electrons. The monoisotopic (exact) mass is 313 g/mol. The molecule has 0 saturated carbocycles. The highest BCUT2D eigenvalue weighted by atomic mass is 79.9. The van der Waals surface area contributed by atoms with Crippen molar-refractivity contribution in [2.45, 2.75) is 13.0 Å². The second-order valence-corrected chi connectivity index (χ2v) is 5.48. The lowest BCUT2D eigenvalue weighted by molar-refractivity contribution is 0.622. The summed E-state index contributed by atoms with van der Waals surface area (Å²) in [6, 6.07) is 5.47. The molecule has 1 heterocycles. The molecular weight excluding hydrogens is 301 g/mol. The minimum absolute atomic E-state index is 0.184. The second kappa shape index (κ2) is 5.29. The Morgan fingerprint density at radius 3 is 2.65 bits per heavy atom. The Balaban J connectivity index is 2.50. The van der Waals surface area contributed by atoms with E-state index in [0.717, 1.165) is 15.6 Å². The van der Waals surface area contributed by atoms with Gasteiger partial charge in [-0.2, -0.15) is 11.3 Å². The van der Waals surface area contributed by atoms with Gasteiger partial charge in [0.2, 0.25) is 0 Å². The van der Waals surface area contributed by atoms with Gasteiger partial charge in [-0.15, -0.1) is 0 Å². The van der Waals surface area contributed by atoms with E-state index in [1.165, 1.54) is 6.07 Å². The van der Waals surface area contributed by atoms with E-state index in [4.69, 9.17) is 0 Å². The standard InChI is InChI=1S/C13H13BrFNS/c1-8(16-2)9-3-4-13(15)10(5-9)11-6-17-7-12(11)14/h3-8,16H,1-2H3. The number of benzene rings is 1. The van der Waals surface area contributed by atoms with Crippen LogP contribution in [0.15, 0.2) is 33.4 Å². The maximum Gasteiger partial charge on any atom is 0.131 e. The van der Waals surface area contributed by atoms with Gasteiger partial charge in [-0.05, 0) is 53.0 Å². The molecule has 1 unspecified atom stereocenters. The number of hydrogen-bond donors (Lipinski definition) is 1. The Hall–Kier alpha value is -0.710. The summed E-state index contributed by atoms with van der Waals surface area (Å²) < 4.78 is 14.8. The van der Waals surface area contributed by atoms with Crippen molar-refractivity contribution in [3.8, 4) is 11.1 Å². The van der Waals surface area contributed by atoms with Crippen molar-refractivity contribution in [1.29, 1.82) is 0 Å². The molecule has 1 nitrogen and oxygen atoms in total. The minimum Gasteiger partial charge on any atom is -0.313 e. The Morgan fingerprint density at radius 1 is 1.29 bits per heavy atom. The topological polar surface area (TPSA) is 12.0 Å². The van der Waals surface area contributed by atoms with Crippen molar-refractivity contribution >= 4 is 27.3 Å². The minimum atomic E-state index is -0.184. The molecule has 0 aliphatic heterocycles. The van der Waals surface area contributed by atoms with Crippen molar-refractivity contribution in [3.05, 3.63) is 44.8 Å². The van der Waals surface area contributed by atoms with Crippen LogP contribution in [0.3, 0.4) is 0 Å². The SMILES string of the molecule is CNC(C)c1ccc(F)c(-c2cscc2Br)c1. The van der Waals surface area contributed by atoms with Crippen LogP contribution in [0.2, 0.25) is 0 Å². The highest BCUT2D eigenvalue weighted by Crippen LogP contribution is 2.34. The molecule has 0 aliphatic rings. The fourth-order valence-corrected chi connectivity index (χ4v) is 3.17. The lowest BCUT2D eigenvalue weighted by Crippen LogP contribution is -2.12. The largest absolute Gasteiger partial charge is 0.313 e. The number of thiophene rings is 1. The van der Waals surface area contributed by atoms with Gasteiger partial charge in [0.15, 0.2) is 0 Å². The molecule has 2 aromatic rings. The van der Waals surface area contributed by atoms with Crippen LogP contribution >= 0.6 is 27.3 Å². The molecule has 1 aromatic carbocycles. The third-order valence-corrected chi connectivity index (χ3v) is 4.53. The molecule has 0 bridgehead atoms. The Labute approximate surface area is 113 Å². The summed E-state index contributed by atoms with van der Waals surface area (Å²) in [6.07, 6.45) is 0. The van der Waals surface area contributed by atoms with Crippen LogP contribution in [0.25, 0.3) is 11.1 Å². The van der Waals surface area contributed by atoms with Gasteiger partial charge in [0, 0.05) is 27.0 Å². The van der Waals surface area contributed by atoms with E-state index in [1.54, 1.807) is 11.3 Å². The van der Waals surface area contributed by atoms with Crippen LogP contribution in [0, 0.1) is 5.82 Å². The van der Waals surface area contributed by atoms with Crippen molar-refractivity contribution in [3.63, 3.8) is 0 Å². The summed E-state index contributed by atoms with van der Waals surface area (Å²) in [5.41, 5.74) is 2.65. The lowest BCUT2D eigenvalue weighted by Gasteiger charge is -2.12. The van der Waals surface area contributed by atoms with Crippen LogP contribution in [-0.2, 0) is 0 Å². The zero-order valence-corrected chi connectivity index (χ0v) is 12.0. The molecule has 2 rings (SSSR count). The van der Waals surface area contributed by atoms with Crippen molar-refractivity contribution in [2.75, 3.05) is 7.05 Å². The van der Waals surface area contributed by atoms with Crippen LogP contribution in [-0.4, -0.2) is 7.05 Å². The lowest BCUT2D eigenvalue weighted by atomic mass is 10.0. The Kier molecular flexibility index (Phi) is 3.97. The highest BCUT2D eigenvalue weighted by Gasteiger charge is 2.12. The third-order valence-electron chi connectivity index (χ3n) is 2.83. The summed E-state index contributed by atoms with van der Waals surface area (Å²) in [6.45, 7) is 2.06. The van der Waals surface area contributed by atoms with Crippen molar-refractivity contribution in [1.82, 2.24) is 5.32 Å². The predicted molar refractivity (Wildman–Crippen MR) is 74.9 cm³/mol. The fraction of sp³-hybridized carbons (Fsp3) is 0.231. The molecule has 17 heavy (non-hydrogen) atoms. The van der Waals surface area contributed by atoms with Crippen LogP contribution in [0.1, 0.15) is 18.5 Å². The van der Waals surface area contributed by atoms with E-state index >= 15 is 0 Å². The van der Waals surface area contributed by atoms with Crippen LogP contribution < -0.4 is 5.32 Å². The third kappa shape index (κ3) is 2.59. The maximum absolute atomic E-state index is 13.8. The van der Waals surface area contributed by atoms with Crippen molar-refractivity contribution in [2.24, 2.45) is 0 Å².